The lowest BCUT2D eigenvalue weighted by Crippen LogP contribution is -2.50. The molecule has 1 aromatic heterocycles. The maximum Gasteiger partial charge on any atom is 0.227 e. The Kier molecular flexibility index (Phi) is 4.98. The van der Waals surface area contributed by atoms with Gasteiger partial charge in [-0.3, -0.25) is 4.79 Å². The second-order valence-electron chi connectivity index (χ2n) is 6.22. The van der Waals surface area contributed by atoms with E-state index in [4.69, 9.17) is 0 Å². The van der Waals surface area contributed by atoms with Crippen molar-refractivity contribution in [2.24, 2.45) is 5.41 Å². The molecule has 1 aliphatic heterocycles. The fourth-order valence-corrected chi connectivity index (χ4v) is 3.06. The van der Waals surface area contributed by atoms with Gasteiger partial charge in [0.2, 0.25) is 5.91 Å². The van der Waals surface area contributed by atoms with Crippen molar-refractivity contribution in [1.29, 1.82) is 0 Å². The summed E-state index contributed by atoms with van der Waals surface area (Å²) in [6.07, 6.45) is 2.07. The first kappa shape index (κ1) is 15.9. The highest BCUT2D eigenvalue weighted by atomic mass is 16.2. The van der Waals surface area contributed by atoms with Gasteiger partial charge in [0.25, 0.3) is 0 Å². The highest BCUT2D eigenvalue weighted by molar-refractivity contribution is 5.82. The molecule has 1 N–H and O–H groups in total. The lowest BCUT2D eigenvalue weighted by Gasteiger charge is -2.38. The molecule has 6 heteroatoms. The fraction of sp³-hybridized carbons (Fsp3) is 0.800. The fourth-order valence-electron chi connectivity index (χ4n) is 3.06. The number of aryl methyl sites for hydroxylation is 2. The third-order valence-electron chi connectivity index (χ3n) is 4.34. The van der Waals surface area contributed by atoms with Crippen LogP contribution in [0.15, 0.2) is 0 Å². The molecule has 1 amide bonds. The smallest absolute Gasteiger partial charge is 0.227 e. The van der Waals surface area contributed by atoms with Crippen LogP contribution in [0.5, 0.6) is 0 Å². The summed E-state index contributed by atoms with van der Waals surface area (Å²) in [6, 6.07) is 0. The normalized spacial score (nSPS) is 23.2. The molecule has 1 aliphatic rings. The SMILES string of the molecule is CCN1CCC[C@](C)(C(=O)NCCn2nc(C)nc2C)C1. The van der Waals surface area contributed by atoms with Crippen molar-refractivity contribution >= 4 is 5.91 Å². The summed E-state index contributed by atoms with van der Waals surface area (Å²) < 4.78 is 1.84. The molecule has 0 bridgehead atoms. The first-order valence-electron chi connectivity index (χ1n) is 7.83. The molecule has 2 heterocycles. The van der Waals surface area contributed by atoms with Crippen LogP contribution < -0.4 is 5.32 Å². The molecule has 1 saturated heterocycles. The summed E-state index contributed by atoms with van der Waals surface area (Å²) in [5.74, 6) is 1.83. The molecule has 0 aromatic carbocycles. The molecule has 0 aliphatic carbocycles. The number of aromatic nitrogens is 3. The van der Waals surface area contributed by atoms with E-state index in [1.165, 1.54) is 0 Å². The van der Waals surface area contributed by atoms with Crippen molar-refractivity contribution in [3.05, 3.63) is 11.6 Å². The average Bonchev–Trinajstić information content (AvgIpc) is 2.77. The zero-order chi connectivity index (χ0) is 15.5. The van der Waals surface area contributed by atoms with Crippen molar-refractivity contribution in [3.63, 3.8) is 0 Å². The first-order chi connectivity index (χ1) is 9.94. The minimum atomic E-state index is -0.262. The minimum Gasteiger partial charge on any atom is -0.354 e. The Morgan fingerprint density at radius 3 is 2.81 bits per heavy atom. The zero-order valence-corrected chi connectivity index (χ0v) is 13.6. The summed E-state index contributed by atoms with van der Waals surface area (Å²) >= 11 is 0. The number of hydrogen-bond donors (Lipinski definition) is 1. The molecule has 118 valence electrons. The number of nitrogens with zero attached hydrogens (tertiary/aromatic N) is 4. The molecule has 0 spiro atoms. The number of carbonyl (C=O) groups excluding carboxylic acids is 1. The predicted octanol–water partition coefficient (Wildman–Crippen LogP) is 1.13. The summed E-state index contributed by atoms with van der Waals surface area (Å²) in [7, 11) is 0. The first-order valence-corrected chi connectivity index (χ1v) is 7.83. The largest absolute Gasteiger partial charge is 0.354 e. The van der Waals surface area contributed by atoms with Crippen molar-refractivity contribution in [3.8, 4) is 0 Å². The standard InChI is InChI=1S/C15H27N5O/c1-5-19-9-6-7-15(4,11-19)14(21)16-8-10-20-13(3)17-12(2)18-20/h5-11H2,1-4H3,(H,16,21)/t15-/m0/s1. The number of amides is 1. The third kappa shape index (κ3) is 3.81. The number of piperidine rings is 1. The number of nitrogens with one attached hydrogen (secondary N) is 1. The van der Waals surface area contributed by atoms with Crippen LogP contribution in [0.25, 0.3) is 0 Å². The Labute approximate surface area is 126 Å². The van der Waals surface area contributed by atoms with Crippen molar-refractivity contribution < 1.29 is 4.79 Å². The molecule has 0 unspecified atom stereocenters. The summed E-state index contributed by atoms with van der Waals surface area (Å²) in [4.78, 5) is 19.1. The van der Waals surface area contributed by atoms with Crippen LogP contribution in [0.3, 0.4) is 0 Å². The van der Waals surface area contributed by atoms with Gasteiger partial charge in [-0.05, 0) is 46.7 Å². The van der Waals surface area contributed by atoms with E-state index in [0.717, 1.165) is 44.1 Å². The Morgan fingerprint density at radius 2 is 2.19 bits per heavy atom. The van der Waals surface area contributed by atoms with Crippen LogP contribution in [0, 0.1) is 19.3 Å². The second-order valence-corrected chi connectivity index (χ2v) is 6.22. The lowest BCUT2D eigenvalue weighted by atomic mass is 9.81. The Balaban J connectivity index is 1.85. The zero-order valence-electron chi connectivity index (χ0n) is 13.6. The van der Waals surface area contributed by atoms with Crippen LogP contribution in [0.2, 0.25) is 0 Å². The molecule has 21 heavy (non-hydrogen) atoms. The Morgan fingerprint density at radius 1 is 1.43 bits per heavy atom. The van der Waals surface area contributed by atoms with Gasteiger partial charge in [0.1, 0.15) is 11.6 Å². The minimum absolute atomic E-state index is 0.162. The summed E-state index contributed by atoms with van der Waals surface area (Å²) in [5.41, 5.74) is -0.262. The van der Waals surface area contributed by atoms with E-state index >= 15 is 0 Å². The van der Waals surface area contributed by atoms with Gasteiger partial charge in [0.15, 0.2) is 0 Å². The van der Waals surface area contributed by atoms with Gasteiger partial charge in [-0.25, -0.2) is 9.67 Å². The molecule has 0 radical (unpaired) electrons. The van der Waals surface area contributed by atoms with Crippen LogP contribution in [0.4, 0.5) is 0 Å². The van der Waals surface area contributed by atoms with E-state index in [9.17, 15) is 4.79 Å². The summed E-state index contributed by atoms with van der Waals surface area (Å²) in [6.45, 7) is 12.3. The van der Waals surface area contributed by atoms with Gasteiger partial charge in [0.05, 0.1) is 12.0 Å². The van der Waals surface area contributed by atoms with Crippen molar-refractivity contribution in [2.75, 3.05) is 26.2 Å². The Bertz CT molecular complexity index is 498. The van der Waals surface area contributed by atoms with E-state index in [0.29, 0.717) is 13.1 Å². The lowest BCUT2D eigenvalue weighted by molar-refractivity contribution is -0.133. The molecule has 6 nitrogen and oxygen atoms in total. The molecule has 1 fully saturated rings. The predicted molar refractivity (Wildman–Crippen MR) is 82.0 cm³/mol. The third-order valence-corrected chi connectivity index (χ3v) is 4.34. The van der Waals surface area contributed by atoms with Crippen molar-refractivity contribution in [1.82, 2.24) is 25.0 Å². The second kappa shape index (κ2) is 6.56. The molecular formula is C15H27N5O. The molecule has 1 atom stereocenters. The van der Waals surface area contributed by atoms with Crippen LogP contribution in [0.1, 0.15) is 38.3 Å². The van der Waals surface area contributed by atoms with Crippen LogP contribution in [-0.4, -0.2) is 51.8 Å². The monoisotopic (exact) mass is 293 g/mol. The molecule has 2 rings (SSSR count). The van der Waals surface area contributed by atoms with Gasteiger partial charge < -0.3 is 10.2 Å². The highest BCUT2D eigenvalue weighted by Gasteiger charge is 2.37. The maximum absolute atomic E-state index is 12.5. The van der Waals surface area contributed by atoms with E-state index in [2.05, 4.69) is 34.1 Å². The average molecular weight is 293 g/mol. The topological polar surface area (TPSA) is 63.1 Å². The molecule has 0 saturated carbocycles. The maximum atomic E-state index is 12.5. The number of carbonyl (C=O) groups is 1. The molecule has 1 aromatic rings. The van der Waals surface area contributed by atoms with Gasteiger partial charge in [-0.15, -0.1) is 0 Å². The van der Waals surface area contributed by atoms with Gasteiger partial charge in [-0.1, -0.05) is 6.92 Å². The molecular weight excluding hydrogens is 266 g/mol. The number of hydrogen-bond acceptors (Lipinski definition) is 4. The summed E-state index contributed by atoms with van der Waals surface area (Å²) in [5, 5.41) is 7.38. The van der Waals surface area contributed by atoms with Crippen molar-refractivity contribution in [2.45, 2.75) is 47.1 Å². The van der Waals surface area contributed by atoms with E-state index in [-0.39, 0.29) is 11.3 Å². The van der Waals surface area contributed by atoms with E-state index in [1.54, 1.807) is 0 Å². The van der Waals surface area contributed by atoms with Gasteiger partial charge >= 0.3 is 0 Å². The van der Waals surface area contributed by atoms with Crippen LogP contribution >= 0.6 is 0 Å². The number of rotatable bonds is 5. The number of likely N-dealkylation sites (tertiary alicyclic amines) is 1. The van der Waals surface area contributed by atoms with Gasteiger partial charge in [0, 0.05) is 13.1 Å². The van der Waals surface area contributed by atoms with E-state index < -0.39 is 0 Å². The van der Waals surface area contributed by atoms with Crippen LogP contribution in [-0.2, 0) is 11.3 Å². The quantitative estimate of drug-likeness (QED) is 0.884. The van der Waals surface area contributed by atoms with E-state index in [1.807, 2.05) is 18.5 Å². The van der Waals surface area contributed by atoms with Gasteiger partial charge in [-0.2, -0.15) is 5.10 Å². The highest BCUT2D eigenvalue weighted by Crippen LogP contribution is 2.29. The Hall–Kier alpha value is -1.43.